The molecule has 0 fully saturated rings. The van der Waals surface area contributed by atoms with Crippen molar-refractivity contribution in [3.8, 4) is 6.07 Å². The summed E-state index contributed by atoms with van der Waals surface area (Å²) in [6, 6.07) is 39.1. The molecule has 0 spiro atoms. The molecule has 198 valence electrons. The molecule has 7 rings (SSSR count). The fraction of sp³-hybridized carbons (Fsp3) is 0.135. The monoisotopic (exact) mass is 530 g/mol. The molecule has 3 atom stereocenters. The number of dihydropyridines is 1. The van der Waals surface area contributed by atoms with E-state index in [0.717, 1.165) is 16.8 Å². The van der Waals surface area contributed by atoms with E-state index < -0.39 is 0 Å². The molecule has 0 saturated carbocycles. The van der Waals surface area contributed by atoms with Gasteiger partial charge in [-0.3, -0.25) is 4.99 Å². The average molecular weight is 531 g/mol. The molecule has 0 aromatic heterocycles. The molecule has 0 saturated heterocycles. The number of nitrogens with zero attached hydrogens (tertiary/aromatic N) is 4. The first kappa shape index (κ1) is 24.9. The smallest absolute Gasteiger partial charge is 0.0848 e. The molecule has 0 radical (unpaired) electrons. The number of rotatable bonds is 4. The SMILES string of the molecule is CC1C(c2cccc(C3=CC(C#N)CN=C3)c2)=CC=CC1N1c2ccccc2N(c2ccccc2)c2ccccc21. The predicted octanol–water partition coefficient (Wildman–Crippen LogP) is 8.87. The van der Waals surface area contributed by atoms with Crippen molar-refractivity contribution in [3.63, 3.8) is 0 Å². The lowest BCUT2D eigenvalue weighted by atomic mass is 9.82. The van der Waals surface area contributed by atoms with Gasteiger partial charge in [0.1, 0.15) is 0 Å². The molecule has 4 aromatic rings. The van der Waals surface area contributed by atoms with E-state index in [1.165, 1.54) is 33.9 Å². The minimum Gasteiger partial charge on any atom is -0.330 e. The van der Waals surface area contributed by atoms with Gasteiger partial charge in [-0.15, -0.1) is 0 Å². The molecule has 0 bridgehead atoms. The van der Waals surface area contributed by atoms with Crippen molar-refractivity contribution in [2.24, 2.45) is 16.8 Å². The van der Waals surface area contributed by atoms with Gasteiger partial charge in [0.25, 0.3) is 0 Å². The number of hydrogen-bond donors (Lipinski definition) is 0. The van der Waals surface area contributed by atoms with Crippen molar-refractivity contribution in [2.45, 2.75) is 13.0 Å². The Balaban J connectivity index is 1.29. The highest BCUT2D eigenvalue weighted by Gasteiger charge is 2.36. The third-order valence-corrected chi connectivity index (χ3v) is 8.27. The van der Waals surface area contributed by atoms with Crippen LogP contribution in [0.3, 0.4) is 0 Å². The molecule has 41 heavy (non-hydrogen) atoms. The summed E-state index contributed by atoms with van der Waals surface area (Å²) in [5, 5.41) is 9.43. The van der Waals surface area contributed by atoms with Gasteiger partial charge < -0.3 is 9.80 Å². The summed E-state index contributed by atoms with van der Waals surface area (Å²) in [5.41, 5.74) is 10.5. The zero-order valence-corrected chi connectivity index (χ0v) is 22.9. The highest BCUT2D eigenvalue weighted by molar-refractivity contribution is 6.10. The molecular formula is C37H30N4. The second kappa shape index (κ2) is 10.4. The maximum Gasteiger partial charge on any atom is 0.0848 e. The molecule has 1 aliphatic carbocycles. The summed E-state index contributed by atoms with van der Waals surface area (Å²) >= 11 is 0. The van der Waals surface area contributed by atoms with Crippen LogP contribution in [-0.4, -0.2) is 18.8 Å². The zero-order chi connectivity index (χ0) is 27.8. The second-order valence-corrected chi connectivity index (χ2v) is 10.7. The van der Waals surface area contributed by atoms with Crippen LogP contribution in [0.2, 0.25) is 0 Å². The number of nitriles is 1. The normalized spacial score (nSPS) is 20.9. The summed E-state index contributed by atoms with van der Waals surface area (Å²) in [5.74, 6) is 0.0500. The quantitative estimate of drug-likeness (QED) is 0.265. The van der Waals surface area contributed by atoms with Crippen LogP contribution in [0, 0.1) is 23.2 Å². The molecule has 4 heteroatoms. The van der Waals surface area contributed by atoms with Crippen molar-refractivity contribution in [2.75, 3.05) is 16.3 Å². The van der Waals surface area contributed by atoms with E-state index >= 15 is 0 Å². The third-order valence-electron chi connectivity index (χ3n) is 8.27. The van der Waals surface area contributed by atoms with Crippen LogP contribution in [0.15, 0.2) is 132 Å². The highest BCUT2D eigenvalue weighted by atomic mass is 15.3. The number of allylic oxidation sites excluding steroid dienone is 3. The molecule has 4 aromatic carbocycles. The molecule has 0 N–H and O–H groups in total. The summed E-state index contributed by atoms with van der Waals surface area (Å²) in [6.45, 7) is 2.86. The Labute approximate surface area is 241 Å². The topological polar surface area (TPSA) is 42.6 Å². The maximum atomic E-state index is 9.43. The van der Waals surface area contributed by atoms with E-state index in [0.29, 0.717) is 6.54 Å². The van der Waals surface area contributed by atoms with Gasteiger partial charge in [0.2, 0.25) is 0 Å². The van der Waals surface area contributed by atoms with E-state index in [1.807, 2.05) is 12.3 Å². The third kappa shape index (κ3) is 4.37. The van der Waals surface area contributed by atoms with E-state index in [2.05, 4.69) is 149 Å². The van der Waals surface area contributed by atoms with Gasteiger partial charge in [-0.1, -0.05) is 91.9 Å². The average Bonchev–Trinajstić information content (AvgIpc) is 3.04. The molecule has 3 unspecified atom stereocenters. The van der Waals surface area contributed by atoms with Gasteiger partial charge in [-0.25, -0.2) is 0 Å². The maximum absolute atomic E-state index is 9.43. The fourth-order valence-electron chi connectivity index (χ4n) is 6.30. The Morgan fingerprint density at radius 1 is 0.780 bits per heavy atom. The predicted molar refractivity (Wildman–Crippen MR) is 170 cm³/mol. The first-order valence-corrected chi connectivity index (χ1v) is 14.2. The lowest BCUT2D eigenvalue weighted by Gasteiger charge is -2.45. The second-order valence-electron chi connectivity index (χ2n) is 10.7. The van der Waals surface area contributed by atoms with E-state index in [-0.39, 0.29) is 17.9 Å². The number of fused-ring (bicyclic) bond motifs is 2. The first-order valence-electron chi connectivity index (χ1n) is 14.2. The molecule has 2 heterocycles. The summed E-state index contributed by atoms with van der Waals surface area (Å²) in [6.07, 6.45) is 10.7. The minimum atomic E-state index is -0.173. The van der Waals surface area contributed by atoms with Crippen LogP contribution in [0.1, 0.15) is 18.1 Å². The minimum absolute atomic E-state index is 0.123. The highest BCUT2D eigenvalue weighted by Crippen LogP contribution is 2.53. The van der Waals surface area contributed by atoms with E-state index in [4.69, 9.17) is 0 Å². The number of anilines is 5. The summed E-state index contributed by atoms with van der Waals surface area (Å²) in [4.78, 5) is 9.31. The number of hydrogen-bond acceptors (Lipinski definition) is 4. The van der Waals surface area contributed by atoms with Crippen LogP contribution >= 0.6 is 0 Å². The molecule has 3 aliphatic rings. The summed E-state index contributed by atoms with van der Waals surface area (Å²) in [7, 11) is 0. The van der Waals surface area contributed by atoms with Crippen molar-refractivity contribution >= 4 is 45.8 Å². The van der Waals surface area contributed by atoms with Crippen LogP contribution in [0.4, 0.5) is 28.4 Å². The standard InChI is InChI=1S/C37H30N4/c1-26-32(29-12-9-11-28(22-29)30-21-27(23-38)24-39-25-30)15-10-20-33(26)41-36-18-7-5-16-34(36)40(31-13-3-2-4-14-31)35-17-6-8-19-37(35)41/h2-22,25-27,33H,24H2,1H3. The Hall–Kier alpha value is -5.14. The molecule has 0 amide bonds. The van der Waals surface area contributed by atoms with Crippen molar-refractivity contribution in [1.82, 2.24) is 0 Å². The van der Waals surface area contributed by atoms with Crippen molar-refractivity contribution < 1.29 is 0 Å². The Morgan fingerprint density at radius 2 is 1.44 bits per heavy atom. The lowest BCUT2D eigenvalue weighted by Crippen LogP contribution is -2.39. The van der Waals surface area contributed by atoms with E-state index in [1.54, 1.807) is 0 Å². The Kier molecular flexibility index (Phi) is 6.34. The zero-order valence-electron chi connectivity index (χ0n) is 22.9. The Morgan fingerprint density at radius 3 is 2.15 bits per heavy atom. The van der Waals surface area contributed by atoms with Gasteiger partial charge in [0.05, 0.1) is 47.3 Å². The number of para-hydroxylation sites is 5. The van der Waals surface area contributed by atoms with Crippen LogP contribution in [0.25, 0.3) is 11.1 Å². The molecule has 2 aliphatic heterocycles. The number of benzene rings is 4. The summed E-state index contributed by atoms with van der Waals surface area (Å²) < 4.78 is 0. The van der Waals surface area contributed by atoms with Gasteiger partial charge in [-0.2, -0.15) is 5.26 Å². The van der Waals surface area contributed by atoms with Gasteiger partial charge in [0.15, 0.2) is 0 Å². The van der Waals surface area contributed by atoms with Crippen molar-refractivity contribution in [1.29, 1.82) is 5.26 Å². The van der Waals surface area contributed by atoms with Crippen LogP contribution < -0.4 is 9.80 Å². The number of aliphatic imine (C=N–C) groups is 1. The largest absolute Gasteiger partial charge is 0.330 e. The lowest BCUT2D eigenvalue weighted by molar-refractivity contribution is 0.624. The molecular weight excluding hydrogens is 500 g/mol. The molecule has 4 nitrogen and oxygen atoms in total. The van der Waals surface area contributed by atoms with Gasteiger partial charge in [0, 0.05) is 17.8 Å². The Bertz CT molecular complexity index is 1720. The van der Waals surface area contributed by atoms with E-state index in [9.17, 15) is 5.26 Å². The van der Waals surface area contributed by atoms with Crippen LogP contribution in [0.5, 0.6) is 0 Å². The van der Waals surface area contributed by atoms with Gasteiger partial charge >= 0.3 is 0 Å². The van der Waals surface area contributed by atoms with Crippen LogP contribution in [-0.2, 0) is 0 Å². The van der Waals surface area contributed by atoms with Gasteiger partial charge in [-0.05, 0) is 64.7 Å². The first-order chi connectivity index (χ1) is 20.2. The fourth-order valence-corrected chi connectivity index (χ4v) is 6.30. The van der Waals surface area contributed by atoms with Crippen molar-refractivity contribution in [3.05, 3.63) is 139 Å².